The van der Waals surface area contributed by atoms with Crippen LogP contribution in [0.4, 0.5) is 0 Å². The lowest BCUT2D eigenvalue weighted by Gasteiger charge is -2.25. The van der Waals surface area contributed by atoms with Crippen LogP contribution in [0.1, 0.15) is 18.1 Å². The first-order valence-electron chi connectivity index (χ1n) is 5.65. The summed E-state index contributed by atoms with van der Waals surface area (Å²) in [7, 11) is 0. The van der Waals surface area contributed by atoms with Crippen molar-refractivity contribution in [3.8, 4) is 0 Å². The van der Waals surface area contributed by atoms with E-state index in [9.17, 15) is 4.79 Å². The van der Waals surface area contributed by atoms with Crippen LogP contribution in [-0.2, 0) is 22.4 Å². The maximum Gasteiger partial charge on any atom is 0.334 e. The molecule has 0 saturated heterocycles. The monoisotopic (exact) mass is 228 g/mol. The summed E-state index contributed by atoms with van der Waals surface area (Å²) >= 11 is 0. The minimum absolute atomic E-state index is 0.349. The fourth-order valence-electron chi connectivity index (χ4n) is 2.14. The van der Waals surface area contributed by atoms with E-state index in [0.717, 1.165) is 0 Å². The fraction of sp³-hybridized carbons (Fsp3) is 0.267. The third kappa shape index (κ3) is 2.16. The Morgan fingerprint density at radius 1 is 1.35 bits per heavy atom. The minimum atomic E-state index is -0.598. The molecule has 0 spiro atoms. The van der Waals surface area contributed by atoms with Crippen molar-refractivity contribution in [2.45, 2.75) is 25.4 Å². The van der Waals surface area contributed by atoms with E-state index < -0.39 is 5.60 Å². The van der Waals surface area contributed by atoms with Gasteiger partial charge >= 0.3 is 5.97 Å². The molecule has 0 amide bonds. The number of hydrogen-bond donors (Lipinski definition) is 0. The van der Waals surface area contributed by atoms with Crippen molar-refractivity contribution in [3.05, 3.63) is 60.2 Å². The molecular formula is C15H16O2. The molecule has 0 aromatic heterocycles. The van der Waals surface area contributed by atoms with E-state index in [0.29, 0.717) is 18.4 Å². The number of ether oxygens (including phenoxy) is 1. The zero-order valence-electron chi connectivity index (χ0n) is 10.0. The largest absolute Gasteiger partial charge is 0.451 e. The molecule has 1 aromatic rings. The van der Waals surface area contributed by atoms with Crippen molar-refractivity contribution in [1.29, 1.82) is 0 Å². The third-order valence-corrected chi connectivity index (χ3v) is 3.11. The van der Waals surface area contributed by atoms with Crippen molar-refractivity contribution in [2.75, 3.05) is 0 Å². The molecule has 0 fully saturated rings. The molecule has 0 unspecified atom stereocenters. The van der Waals surface area contributed by atoms with Crippen LogP contribution in [0.15, 0.2) is 49.1 Å². The Labute approximate surface area is 102 Å². The average molecular weight is 228 g/mol. The summed E-state index contributed by atoms with van der Waals surface area (Å²) in [4.78, 5) is 11.6. The maximum absolute atomic E-state index is 11.6. The maximum atomic E-state index is 11.6. The summed E-state index contributed by atoms with van der Waals surface area (Å²) in [5, 5.41) is 0. The van der Waals surface area contributed by atoms with Crippen LogP contribution in [0.25, 0.3) is 0 Å². The number of benzene rings is 1. The van der Waals surface area contributed by atoms with Crippen molar-refractivity contribution in [2.24, 2.45) is 0 Å². The van der Waals surface area contributed by atoms with Crippen molar-refractivity contribution < 1.29 is 9.53 Å². The molecule has 2 heteroatoms. The molecule has 1 aromatic carbocycles. The molecule has 2 rings (SSSR count). The summed E-state index contributed by atoms with van der Waals surface area (Å²) in [6.07, 6.45) is 3.13. The van der Waals surface area contributed by atoms with Crippen LogP contribution < -0.4 is 0 Å². The zero-order chi connectivity index (χ0) is 12.5. The molecule has 0 saturated carbocycles. The van der Waals surface area contributed by atoms with Gasteiger partial charge in [-0.3, -0.25) is 0 Å². The summed E-state index contributed by atoms with van der Waals surface area (Å²) in [5.41, 5.74) is 2.27. The van der Waals surface area contributed by atoms with E-state index in [4.69, 9.17) is 4.74 Å². The molecule has 17 heavy (non-hydrogen) atoms. The van der Waals surface area contributed by atoms with E-state index >= 15 is 0 Å². The van der Waals surface area contributed by atoms with Crippen LogP contribution in [0, 0.1) is 0 Å². The van der Waals surface area contributed by atoms with Gasteiger partial charge in [0.25, 0.3) is 0 Å². The second-order valence-corrected chi connectivity index (χ2v) is 4.56. The lowest BCUT2D eigenvalue weighted by atomic mass is 10.0. The first-order valence-corrected chi connectivity index (χ1v) is 5.65. The van der Waals surface area contributed by atoms with E-state index in [1.165, 1.54) is 11.1 Å². The van der Waals surface area contributed by atoms with Gasteiger partial charge in [0.2, 0.25) is 0 Å². The predicted molar refractivity (Wildman–Crippen MR) is 67.7 cm³/mol. The molecule has 88 valence electrons. The number of rotatable bonds is 3. The summed E-state index contributed by atoms with van der Waals surface area (Å²) < 4.78 is 5.54. The average Bonchev–Trinajstić information content (AvgIpc) is 2.67. The Bertz CT molecular complexity index is 460. The van der Waals surface area contributed by atoms with Crippen molar-refractivity contribution in [1.82, 2.24) is 0 Å². The Morgan fingerprint density at radius 3 is 2.29 bits per heavy atom. The van der Waals surface area contributed by atoms with Crippen LogP contribution in [0.2, 0.25) is 0 Å². The topological polar surface area (TPSA) is 26.3 Å². The van der Waals surface area contributed by atoms with Crippen molar-refractivity contribution >= 4 is 5.97 Å². The SMILES string of the molecule is C=CC1(OC(=O)C(=C)C)Cc2ccccc2C1. The first-order chi connectivity index (χ1) is 8.06. The normalized spacial score (nSPS) is 16.1. The second-order valence-electron chi connectivity index (χ2n) is 4.56. The molecule has 2 nitrogen and oxygen atoms in total. The minimum Gasteiger partial charge on any atom is -0.451 e. The second kappa shape index (κ2) is 4.21. The van der Waals surface area contributed by atoms with Crippen molar-refractivity contribution in [3.63, 3.8) is 0 Å². The Morgan fingerprint density at radius 2 is 1.88 bits per heavy atom. The van der Waals surface area contributed by atoms with E-state index in [1.54, 1.807) is 13.0 Å². The van der Waals surface area contributed by atoms with Gasteiger partial charge in [0.1, 0.15) is 5.60 Å². The van der Waals surface area contributed by atoms with Gasteiger partial charge in [-0.05, 0) is 24.1 Å². The number of fused-ring (bicyclic) bond motifs is 1. The fourth-order valence-corrected chi connectivity index (χ4v) is 2.14. The van der Waals surface area contributed by atoms with Gasteiger partial charge in [-0.25, -0.2) is 4.79 Å². The van der Waals surface area contributed by atoms with Gasteiger partial charge < -0.3 is 4.74 Å². The molecule has 0 aliphatic heterocycles. The molecular weight excluding hydrogens is 212 g/mol. The van der Waals surface area contributed by atoms with E-state index in [2.05, 4.69) is 25.3 Å². The van der Waals surface area contributed by atoms with Gasteiger partial charge in [-0.2, -0.15) is 0 Å². The lowest BCUT2D eigenvalue weighted by molar-refractivity contribution is -0.149. The molecule has 0 heterocycles. The highest BCUT2D eigenvalue weighted by Crippen LogP contribution is 2.34. The van der Waals surface area contributed by atoms with Crippen LogP contribution >= 0.6 is 0 Å². The molecule has 0 bridgehead atoms. The van der Waals surface area contributed by atoms with Gasteiger partial charge in [0, 0.05) is 18.4 Å². The smallest absolute Gasteiger partial charge is 0.334 e. The highest BCUT2D eigenvalue weighted by Gasteiger charge is 2.38. The number of carbonyl (C=O) groups is 1. The highest BCUT2D eigenvalue weighted by atomic mass is 16.6. The summed E-state index contributed by atoms with van der Waals surface area (Å²) in [5.74, 6) is -0.349. The number of esters is 1. The number of carbonyl (C=O) groups excluding carboxylic acids is 1. The quantitative estimate of drug-likeness (QED) is 0.452. The highest BCUT2D eigenvalue weighted by molar-refractivity contribution is 5.87. The first kappa shape index (κ1) is 11.6. The Hall–Kier alpha value is -1.83. The van der Waals surface area contributed by atoms with E-state index in [-0.39, 0.29) is 5.97 Å². The number of hydrogen-bond acceptors (Lipinski definition) is 2. The summed E-state index contributed by atoms with van der Waals surface area (Å²) in [6, 6.07) is 8.13. The molecule has 0 N–H and O–H groups in total. The standard InChI is InChI=1S/C15H16O2/c1-4-15(17-14(16)11(2)3)9-12-7-5-6-8-13(12)10-15/h4-8H,1-2,9-10H2,3H3. The Kier molecular flexibility index (Phi) is 2.88. The lowest BCUT2D eigenvalue weighted by Crippen LogP contribution is -2.33. The molecule has 1 aliphatic rings. The van der Waals surface area contributed by atoms with Gasteiger partial charge in [0.15, 0.2) is 0 Å². The van der Waals surface area contributed by atoms with Gasteiger partial charge in [-0.1, -0.05) is 37.4 Å². The Balaban J connectivity index is 2.23. The zero-order valence-corrected chi connectivity index (χ0v) is 10.0. The van der Waals surface area contributed by atoms with Gasteiger partial charge in [0.05, 0.1) is 0 Å². The summed E-state index contributed by atoms with van der Waals surface area (Å²) in [6.45, 7) is 9.06. The van der Waals surface area contributed by atoms with Crippen LogP contribution in [0.5, 0.6) is 0 Å². The third-order valence-electron chi connectivity index (χ3n) is 3.11. The molecule has 1 aliphatic carbocycles. The molecule has 0 radical (unpaired) electrons. The van der Waals surface area contributed by atoms with E-state index in [1.807, 2.05) is 12.1 Å². The van der Waals surface area contributed by atoms with Gasteiger partial charge in [-0.15, -0.1) is 0 Å². The van der Waals surface area contributed by atoms with Crippen LogP contribution in [0.3, 0.4) is 0 Å². The van der Waals surface area contributed by atoms with Crippen LogP contribution in [-0.4, -0.2) is 11.6 Å². The molecule has 0 atom stereocenters. The predicted octanol–water partition coefficient (Wildman–Crippen LogP) is 2.83.